The summed E-state index contributed by atoms with van der Waals surface area (Å²) in [7, 11) is 0. The first kappa shape index (κ1) is 18.4. The molecular weight excluding hydrogens is 370 g/mol. The van der Waals surface area contributed by atoms with Crippen molar-refractivity contribution in [1.29, 1.82) is 0 Å². The van der Waals surface area contributed by atoms with Crippen molar-refractivity contribution >= 4 is 23.7 Å². The number of ether oxygens (including phenoxy) is 1. The third-order valence-electron chi connectivity index (χ3n) is 4.41. The number of nitrogens with zero attached hydrogens (tertiary/aromatic N) is 1. The maximum Gasteiger partial charge on any atom is 0.367 e. The van der Waals surface area contributed by atoms with E-state index in [-0.39, 0.29) is 12.6 Å². The number of rotatable bonds is 5. The van der Waals surface area contributed by atoms with Crippen LogP contribution in [0.5, 0.6) is 0 Å². The molecular formula is C23H17NO5. The highest BCUT2D eigenvalue weighted by Gasteiger charge is 2.22. The molecule has 29 heavy (non-hydrogen) atoms. The predicted octanol–water partition coefficient (Wildman–Crippen LogP) is 4.62. The van der Waals surface area contributed by atoms with Gasteiger partial charge in [0.2, 0.25) is 0 Å². The molecule has 0 atom stereocenters. The molecule has 6 nitrogen and oxygen atoms in total. The minimum absolute atomic E-state index is 0.225. The van der Waals surface area contributed by atoms with Crippen LogP contribution in [0.3, 0.4) is 0 Å². The van der Waals surface area contributed by atoms with Crippen LogP contribution in [0.25, 0.3) is 17.4 Å². The second kappa shape index (κ2) is 7.98. The van der Waals surface area contributed by atoms with E-state index in [0.717, 1.165) is 11.1 Å². The molecule has 0 N–H and O–H groups in total. The fraction of sp³-hybridized carbons (Fsp3) is 0.0870. The Morgan fingerprint density at radius 1 is 1.03 bits per heavy atom. The summed E-state index contributed by atoms with van der Waals surface area (Å²) in [6, 6.07) is 20.0. The lowest BCUT2D eigenvalue weighted by Crippen LogP contribution is -2.04. The molecule has 0 saturated carbocycles. The molecule has 0 aliphatic carbocycles. The van der Waals surface area contributed by atoms with Crippen LogP contribution in [0.15, 0.2) is 81.9 Å². The van der Waals surface area contributed by atoms with Crippen LogP contribution in [0.1, 0.15) is 28.6 Å². The third-order valence-corrected chi connectivity index (χ3v) is 4.41. The number of carbonyl (C=O) groups excluding carboxylic acids is 2. The summed E-state index contributed by atoms with van der Waals surface area (Å²) >= 11 is 0. The molecule has 1 aliphatic rings. The van der Waals surface area contributed by atoms with Gasteiger partial charge in [-0.05, 0) is 42.8 Å². The van der Waals surface area contributed by atoms with Gasteiger partial charge in [-0.15, -0.1) is 0 Å². The zero-order valence-electron chi connectivity index (χ0n) is 15.6. The number of oxime groups is 1. The third kappa shape index (κ3) is 4.16. The van der Waals surface area contributed by atoms with E-state index in [0.29, 0.717) is 28.4 Å². The van der Waals surface area contributed by atoms with Gasteiger partial charge in [0.25, 0.3) is 0 Å². The summed E-state index contributed by atoms with van der Waals surface area (Å²) in [6.45, 7) is 1.92. The van der Waals surface area contributed by atoms with E-state index in [1.54, 1.807) is 49.4 Å². The zero-order valence-corrected chi connectivity index (χ0v) is 15.6. The number of esters is 1. The number of furan rings is 1. The van der Waals surface area contributed by atoms with E-state index in [1.807, 2.05) is 30.3 Å². The first-order valence-electron chi connectivity index (χ1n) is 8.99. The molecule has 2 aromatic carbocycles. The summed E-state index contributed by atoms with van der Waals surface area (Å²) < 4.78 is 11.1. The molecule has 3 aromatic rings. The first-order chi connectivity index (χ1) is 14.1. The van der Waals surface area contributed by atoms with Crippen molar-refractivity contribution in [2.45, 2.75) is 13.5 Å². The van der Waals surface area contributed by atoms with Gasteiger partial charge in [0, 0.05) is 5.56 Å². The van der Waals surface area contributed by atoms with Gasteiger partial charge in [0.05, 0.1) is 16.8 Å². The Morgan fingerprint density at radius 3 is 2.48 bits per heavy atom. The monoisotopic (exact) mass is 387 g/mol. The van der Waals surface area contributed by atoms with Crippen molar-refractivity contribution in [3.05, 3.63) is 89.2 Å². The lowest BCUT2D eigenvalue weighted by atomic mass is 10.1. The Hall–Kier alpha value is -3.93. The summed E-state index contributed by atoms with van der Waals surface area (Å²) in [5.41, 5.74) is 3.06. The molecule has 0 unspecified atom stereocenters. The maximum atomic E-state index is 12.2. The van der Waals surface area contributed by atoms with Gasteiger partial charge < -0.3 is 14.0 Å². The van der Waals surface area contributed by atoms with E-state index >= 15 is 0 Å². The fourth-order valence-electron chi connectivity index (χ4n) is 2.82. The van der Waals surface area contributed by atoms with Crippen molar-refractivity contribution in [3.63, 3.8) is 0 Å². The number of benzene rings is 2. The summed E-state index contributed by atoms with van der Waals surface area (Å²) in [4.78, 5) is 28.5. The number of hydrogen-bond donors (Lipinski definition) is 0. The minimum atomic E-state index is -0.501. The van der Waals surface area contributed by atoms with E-state index in [4.69, 9.17) is 9.15 Å². The quantitative estimate of drug-likeness (QED) is 0.363. The van der Waals surface area contributed by atoms with E-state index in [9.17, 15) is 9.59 Å². The van der Waals surface area contributed by atoms with Gasteiger partial charge in [-0.25, -0.2) is 9.59 Å². The van der Waals surface area contributed by atoms with Crippen LogP contribution < -0.4 is 0 Å². The molecule has 0 spiro atoms. The predicted molar refractivity (Wildman–Crippen MR) is 107 cm³/mol. The summed E-state index contributed by atoms with van der Waals surface area (Å²) in [6.07, 6.45) is 1.59. The Morgan fingerprint density at radius 2 is 1.79 bits per heavy atom. The van der Waals surface area contributed by atoms with Crippen molar-refractivity contribution in [3.8, 4) is 11.3 Å². The molecule has 0 saturated heterocycles. The van der Waals surface area contributed by atoms with Gasteiger partial charge in [-0.2, -0.15) is 0 Å². The molecule has 4 rings (SSSR count). The van der Waals surface area contributed by atoms with Crippen LogP contribution in [0, 0.1) is 0 Å². The average molecular weight is 387 g/mol. The number of hydrogen-bond acceptors (Lipinski definition) is 6. The molecule has 0 fully saturated rings. The summed E-state index contributed by atoms with van der Waals surface area (Å²) in [5.74, 6) is 0.232. The highest BCUT2D eigenvalue weighted by atomic mass is 16.7. The second-order valence-corrected chi connectivity index (χ2v) is 6.45. The topological polar surface area (TPSA) is 78.1 Å². The fourth-order valence-corrected chi connectivity index (χ4v) is 2.82. The minimum Gasteiger partial charge on any atom is -0.457 e. The Balaban J connectivity index is 1.44. The van der Waals surface area contributed by atoms with Gasteiger partial charge in [0.15, 0.2) is 0 Å². The molecule has 2 heterocycles. The maximum absolute atomic E-state index is 12.2. The van der Waals surface area contributed by atoms with Crippen LogP contribution in [-0.4, -0.2) is 17.7 Å². The largest absolute Gasteiger partial charge is 0.457 e. The lowest BCUT2D eigenvalue weighted by Gasteiger charge is -2.05. The molecule has 1 aromatic heterocycles. The summed E-state index contributed by atoms with van der Waals surface area (Å²) in [5, 5.41) is 3.63. The van der Waals surface area contributed by atoms with Crippen LogP contribution in [0.2, 0.25) is 0 Å². The second-order valence-electron chi connectivity index (χ2n) is 6.45. The molecule has 0 bridgehead atoms. The van der Waals surface area contributed by atoms with Gasteiger partial charge in [-0.1, -0.05) is 47.6 Å². The molecule has 6 heteroatoms. The highest BCUT2D eigenvalue weighted by molar-refractivity contribution is 6.24. The van der Waals surface area contributed by atoms with E-state index < -0.39 is 5.97 Å². The van der Waals surface area contributed by atoms with Crippen molar-refractivity contribution in [1.82, 2.24) is 0 Å². The standard InChI is InChI=1S/C23H17NO5/c1-15-20(23(26)29-24-15)13-19-11-12-21(28-19)17-7-9-18(10-8-17)22(25)27-14-16-5-3-2-4-6-16/h2-13H,14H2,1H3. The normalized spacial score (nSPS) is 14.6. The van der Waals surface area contributed by atoms with Gasteiger partial charge in [0.1, 0.15) is 18.1 Å². The molecule has 1 aliphatic heterocycles. The van der Waals surface area contributed by atoms with Crippen molar-refractivity contribution in [2.24, 2.45) is 5.16 Å². The highest BCUT2D eigenvalue weighted by Crippen LogP contribution is 2.25. The Bertz CT molecular complexity index is 1110. The Kier molecular flexibility index (Phi) is 5.07. The van der Waals surface area contributed by atoms with E-state index in [1.165, 1.54) is 0 Å². The van der Waals surface area contributed by atoms with Gasteiger partial charge in [-0.3, -0.25) is 0 Å². The smallest absolute Gasteiger partial charge is 0.367 e. The van der Waals surface area contributed by atoms with Crippen LogP contribution in [-0.2, 0) is 21.0 Å². The first-order valence-corrected chi connectivity index (χ1v) is 8.99. The van der Waals surface area contributed by atoms with Crippen LogP contribution >= 0.6 is 0 Å². The SMILES string of the molecule is CC1=NOC(=O)C1=Cc1ccc(-c2ccc(C(=O)OCc3ccccc3)cc2)o1. The Labute approximate surface area is 167 Å². The molecule has 0 radical (unpaired) electrons. The van der Waals surface area contributed by atoms with Gasteiger partial charge >= 0.3 is 11.9 Å². The molecule has 0 amide bonds. The average Bonchev–Trinajstić information content (AvgIpc) is 3.35. The lowest BCUT2D eigenvalue weighted by molar-refractivity contribution is -0.136. The zero-order chi connectivity index (χ0) is 20.2. The van der Waals surface area contributed by atoms with Crippen molar-refractivity contribution < 1.29 is 23.6 Å². The van der Waals surface area contributed by atoms with Crippen LogP contribution in [0.4, 0.5) is 0 Å². The van der Waals surface area contributed by atoms with E-state index in [2.05, 4.69) is 9.99 Å². The molecule has 144 valence electrons. The van der Waals surface area contributed by atoms with Crippen molar-refractivity contribution in [2.75, 3.05) is 0 Å². The number of carbonyl (C=O) groups is 2.